The number of halogens is 1. The molecule has 0 aliphatic rings. The summed E-state index contributed by atoms with van der Waals surface area (Å²) in [5, 5.41) is 11.1. The predicted octanol–water partition coefficient (Wildman–Crippen LogP) is 2.59. The monoisotopic (exact) mass is 235 g/mol. The first-order valence-electron chi connectivity index (χ1n) is 5.35. The zero-order chi connectivity index (χ0) is 12.7. The number of nitriles is 1. The molecule has 0 radical (unpaired) electrons. The van der Waals surface area contributed by atoms with E-state index in [1.165, 1.54) is 29.2 Å². The number of carbonyl (C=O) groups excluding carboxylic acids is 1. The van der Waals surface area contributed by atoms with Gasteiger partial charge in [0, 0.05) is 18.8 Å². The molecule has 1 aromatic carbocycles. The number of amides is 2. The van der Waals surface area contributed by atoms with Gasteiger partial charge in [0.1, 0.15) is 5.82 Å². The fourth-order valence-corrected chi connectivity index (χ4v) is 1.32. The predicted molar refractivity (Wildman–Crippen MR) is 62.9 cm³/mol. The average molecular weight is 235 g/mol. The number of hydrogen-bond acceptors (Lipinski definition) is 2. The van der Waals surface area contributed by atoms with Crippen molar-refractivity contribution in [1.29, 1.82) is 5.26 Å². The molecule has 0 saturated heterocycles. The highest BCUT2D eigenvalue weighted by atomic mass is 19.1. The lowest BCUT2D eigenvalue weighted by Gasteiger charge is -2.19. The summed E-state index contributed by atoms with van der Waals surface area (Å²) < 4.78 is 12.7. The number of nitrogens with zero attached hydrogens (tertiary/aromatic N) is 2. The van der Waals surface area contributed by atoms with E-state index in [1.807, 2.05) is 13.0 Å². The van der Waals surface area contributed by atoms with Crippen LogP contribution < -0.4 is 5.32 Å². The third kappa shape index (κ3) is 4.11. The van der Waals surface area contributed by atoms with E-state index in [1.54, 1.807) is 0 Å². The summed E-state index contributed by atoms with van der Waals surface area (Å²) in [6.07, 6.45) is 0.296. The van der Waals surface area contributed by atoms with Crippen molar-refractivity contribution in [3.8, 4) is 6.07 Å². The SMILES string of the molecule is CCN(CCC#N)C(=O)Nc1ccc(F)cc1. The van der Waals surface area contributed by atoms with Gasteiger partial charge < -0.3 is 10.2 Å². The first-order valence-corrected chi connectivity index (χ1v) is 5.35. The maximum atomic E-state index is 12.7. The van der Waals surface area contributed by atoms with Gasteiger partial charge in [0.15, 0.2) is 0 Å². The Hall–Kier alpha value is -2.09. The van der Waals surface area contributed by atoms with Crippen molar-refractivity contribution < 1.29 is 9.18 Å². The maximum absolute atomic E-state index is 12.7. The van der Waals surface area contributed by atoms with E-state index < -0.39 is 0 Å². The highest BCUT2D eigenvalue weighted by molar-refractivity contribution is 5.89. The summed E-state index contributed by atoms with van der Waals surface area (Å²) in [4.78, 5) is 13.3. The fraction of sp³-hybridized carbons (Fsp3) is 0.333. The van der Waals surface area contributed by atoms with E-state index in [2.05, 4.69) is 5.32 Å². The Labute approximate surface area is 99.7 Å². The second kappa shape index (κ2) is 6.48. The van der Waals surface area contributed by atoms with Crippen LogP contribution in [0.1, 0.15) is 13.3 Å². The first-order chi connectivity index (χ1) is 8.17. The number of urea groups is 1. The maximum Gasteiger partial charge on any atom is 0.321 e. The van der Waals surface area contributed by atoms with Gasteiger partial charge in [0.25, 0.3) is 0 Å². The van der Waals surface area contributed by atoms with Crippen molar-refractivity contribution in [3.05, 3.63) is 30.1 Å². The molecule has 0 spiro atoms. The summed E-state index contributed by atoms with van der Waals surface area (Å²) >= 11 is 0. The largest absolute Gasteiger partial charge is 0.324 e. The van der Waals surface area contributed by atoms with E-state index in [0.29, 0.717) is 25.2 Å². The van der Waals surface area contributed by atoms with E-state index >= 15 is 0 Å². The number of carbonyl (C=O) groups is 1. The third-order valence-electron chi connectivity index (χ3n) is 2.26. The summed E-state index contributed by atoms with van der Waals surface area (Å²) in [6.45, 7) is 2.75. The normalized spacial score (nSPS) is 9.47. The summed E-state index contributed by atoms with van der Waals surface area (Å²) in [7, 11) is 0. The summed E-state index contributed by atoms with van der Waals surface area (Å²) in [5.41, 5.74) is 0.534. The van der Waals surface area contributed by atoms with Crippen molar-refractivity contribution in [2.24, 2.45) is 0 Å². The molecular formula is C12H14FN3O. The van der Waals surface area contributed by atoms with E-state index in [0.717, 1.165) is 0 Å². The van der Waals surface area contributed by atoms with Gasteiger partial charge in [0.2, 0.25) is 0 Å². The molecule has 90 valence electrons. The van der Waals surface area contributed by atoms with Crippen LogP contribution in [0.4, 0.5) is 14.9 Å². The third-order valence-corrected chi connectivity index (χ3v) is 2.26. The highest BCUT2D eigenvalue weighted by Gasteiger charge is 2.10. The van der Waals surface area contributed by atoms with Crippen molar-refractivity contribution in [1.82, 2.24) is 4.90 Å². The van der Waals surface area contributed by atoms with Crippen LogP contribution in [-0.4, -0.2) is 24.0 Å². The molecule has 0 heterocycles. The standard InChI is InChI=1S/C12H14FN3O/c1-2-16(9-3-8-14)12(17)15-11-6-4-10(13)5-7-11/h4-7H,2-3,9H2,1H3,(H,15,17). The minimum atomic E-state index is -0.347. The van der Waals surface area contributed by atoms with Crippen LogP contribution in [0, 0.1) is 17.1 Å². The zero-order valence-corrected chi connectivity index (χ0v) is 9.61. The van der Waals surface area contributed by atoms with Crippen molar-refractivity contribution in [2.75, 3.05) is 18.4 Å². The van der Waals surface area contributed by atoms with Gasteiger partial charge in [-0.15, -0.1) is 0 Å². The number of rotatable bonds is 4. The second-order valence-corrected chi connectivity index (χ2v) is 3.42. The molecule has 0 aliphatic heterocycles. The van der Waals surface area contributed by atoms with Crippen molar-refractivity contribution >= 4 is 11.7 Å². The van der Waals surface area contributed by atoms with Crippen LogP contribution in [-0.2, 0) is 0 Å². The summed E-state index contributed by atoms with van der Waals surface area (Å²) in [6, 6.07) is 7.25. The lowest BCUT2D eigenvalue weighted by molar-refractivity contribution is 0.215. The smallest absolute Gasteiger partial charge is 0.321 e. The minimum Gasteiger partial charge on any atom is -0.324 e. The Morgan fingerprint density at radius 3 is 2.65 bits per heavy atom. The Morgan fingerprint density at radius 1 is 1.47 bits per heavy atom. The molecule has 17 heavy (non-hydrogen) atoms. The Kier molecular flexibility index (Phi) is 4.95. The van der Waals surface area contributed by atoms with Crippen LogP contribution in [0.25, 0.3) is 0 Å². The zero-order valence-electron chi connectivity index (χ0n) is 9.61. The van der Waals surface area contributed by atoms with Gasteiger partial charge in [-0.25, -0.2) is 9.18 Å². The minimum absolute atomic E-state index is 0.283. The molecule has 0 unspecified atom stereocenters. The van der Waals surface area contributed by atoms with E-state index in [4.69, 9.17) is 5.26 Å². The lowest BCUT2D eigenvalue weighted by Crippen LogP contribution is -2.35. The fourth-order valence-electron chi connectivity index (χ4n) is 1.32. The van der Waals surface area contributed by atoms with Gasteiger partial charge in [-0.05, 0) is 31.2 Å². The average Bonchev–Trinajstić information content (AvgIpc) is 2.33. The molecule has 1 rings (SSSR count). The Balaban J connectivity index is 2.58. The molecule has 5 heteroatoms. The van der Waals surface area contributed by atoms with Crippen LogP contribution in [0.5, 0.6) is 0 Å². The Morgan fingerprint density at radius 2 is 2.12 bits per heavy atom. The molecule has 0 bridgehead atoms. The highest BCUT2D eigenvalue weighted by Crippen LogP contribution is 2.09. The molecule has 0 saturated carbocycles. The molecule has 4 nitrogen and oxygen atoms in total. The van der Waals surface area contributed by atoms with Gasteiger partial charge in [-0.3, -0.25) is 0 Å². The number of nitrogens with one attached hydrogen (secondary N) is 1. The van der Waals surface area contributed by atoms with Gasteiger partial charge in [0.05, 0.1) is 12.5 Å². The van der Waals surface area contributed by atoms with Crippen LogP contribution in [0.3, 0.4) is 0 Å². The number of hydrogen-bond donors (Lipinski definition) is 1. The quantitative estimate of drug-likeness (QED) is 0.872. The molecule has 2 amide bonds. The topological polar surface area (TPSA) is 56.1 Å². The second-order valence-electron chi connectivity index (χ2n) is 3.42. The molecule has 0 fully saturated rings. The van der Waals surface area contributed by atoms with Gasteiger partial charge in [-0.1, -0.05) is 0 Å². The number of benzene rings is 1. The number of anilines is 1. The first kappa shape index (κ1) is 13.0. The molecule has 0 aliphatic carbocycles. The Bertz CT molecular complexity index is 411. The molecule has 0 aromatic heterocycles. The van der Waals surface area contributed by atoms with Crippen LogP contribution >= 0.6 is 0 Å². The molecule has 1 aromatic rings. The molecule has 0 atom stereocenters. The van der Waals surface area contributed by atoms with Crippen LogP contribution in [0.15, 0.2) is 24.3 Å². The summed E-state index contributed by atoms with van der Waals surface area (Å²) in [5.74, 6) is -0.347. The van der Waals surface area contributed by atoms with E-state index in [9.17, 15) is 9.18 Å². The molecule has 1 N–H and O–H groups in total. The lowest BCUT2D eigenvalue weighted by atomic mass is 10.3. The van der Waals surface area contributed by atoms with Crippen LogP contribution in [0.2, 0.25) is 0 Å². The van der Waals surface area contributed by atoms with E-state index in [-0.39, 0.29) is 11.8 Å². The van der Waals surface area contributed by atoms with Gasteiger partial charge >= 0.3 is 6.03 Å². The van der Waals surface area contributed by atoms with Crippen molar-refractivity contribution in [3.63, 3.8) is 0 Å². The molecular weight excluding hydrogens is 221 g/mol. The van der Waals surface area contributed by atoms with Crippen molar-refractivity contribution in [2.45, 2.75) is 13.3 Å². The van der Waals surface area contributed by atoms with Gasteiger partial charge in [-0.2, -0.15) is 5.26 Å².